The Morgan fingerprint density at radius 1 is 1.30 bits per heavy atom. The highest BCUT2D eigenvalue weighted by molar-refractivity contribution is 5.88. The maximum Gasteiger partial charge on any atom is 0.316 e. The average Bonchev–Trinajstić information content (AvgIpc) is 2.86. The SMILES string of the molecule is NC(=O)Nc1ccc(-c2nc(C3(N)CCC3)no2)cc1. The van der Waals surface area contributed by atoms with Crippen LogP contribution in [0, 0.1) is 0 Å². The minimum absolute atomic E-state index is 0.419. The smallest absolute Gasteiger partial charge is 0.316 e. The second-order valence-electron chi connectivity index (χ2n) is 5.00. The van der Waals surface area contributed by atoms with E-state index in [4.69, 9.17) is 16.0 Å². The lowest BCUT2D eigenvalue weighted by Crippen LogP contribution is -2.44. The number of nitrogens with two attached hydrogens (primary N) is 2. The first-order valence-corrected chi connectivity index (χ1v) is 6.37. The Hall–Kier alpha value is -2.41. The fraction of sp³-hybridized carbons (Fsp3) is 0.308. The molecule has 7 nitrogen and oxygen atoms in total. The van der Waals surface area contributed by atoms with Crippen LogP contribution in [0.5, 0.6) is 0 Å². The standard InChI is InChI=1S/C13H15N5O2/c14-12(19)16-9-4-2-8(3-5-9)10-17-11(18-20-10)13(15)6-1-7-13/h2-5H,1,6-7,15H2,(H3,14,16,19). The molecular formula is C13H15N5O2. The summed E-state index contributed by atoms with van der Waals surface area (Å²) in [6.45, 7) is 0. The predicted octanol–water partition coefficient (Wildman–Crippen LogP) is 1.57. The van der Waals surface area contributed by atoms with Gasteiger partial charge in [-0.1, -0.05) is 5.16 Å². The van der Waals surface area contributed by atoms with E-state index in [0.717, 1.165) is 24.8 Å². The number of hydrogen-bond acceptors (Lipinski definition) is 5. The normalized spacial score (nSPS) is 16.4. The summed E-state index contributed by atoms with van der Waals surface area (Å²) in [4.78, 5) is 15.1. The van der Waals surface area contributed by atoms with E-state index in [1.165, 1.54) is 0 Å². The zero-order valence-corrected chi connectivity index (χ0v) is 10.8. The monoisotopic (exact) mass is 273 g/mol. The number of primary amides is 1. The molecule has 1 fully saturated rings. The Morgan fingerprint density at radius 2 is 2.00 bits per heavy atom. The van der Waals surface area contributed by atoms with Crippen molar-refractivity contribution in [3.8, 4) is 11.5 Å². The Bertz CT molecular complexity index is 630. The molecule has 7 heteroatoms. The highest BCUT2D eigenvalue weighted by atomic mass is 16.5. The van der Waals surface area contributed by atoms with E-state index >= 15 is 0 Å². The summed E-state index contributed by atoms with van der Waals surface area (Å²) >= 11 is 0. The number of nitrogens with one attached hydrogen (secondary N) is 1. The maximum absolute atomic E-state index is 10.7. The zero-order chi connectivity index (χ0) is 14.2. The van der Waals surface area contributed by atoms with Crippen LogP contribution >= 0.6 is 0 Å². The van der Waals surface area contributed by atoms with Gasteiger partial charge in [-0.05, 0) is 43.5 Å². The van der Waals surface area contributed by atoms with Gasteiger partial charge in [0.2, 0.25) is 0 Å². The molecule has 1 aliphatic carbocycles. The number of amides is 2. The number of urea groups is 1. The van der Waals surface area contributed by atoms with E-state index in [0.29, 0.717) is 17.4 Å². The Labute approximate surface area is 115 Å². The Balaban J connectivity index is 1.81. The lowest BCUT2D eigenvalue weighted by atomic mass is 9.77. The van der Waals surface area contributed by atoms with Crippen LogP contribution in [-0.4, -0.2) is 16.2 Å². The van der Waals surface area contributed by atoms with E-state index in [2.05, 4.69) is 15.5 Å². The topological polar surface area (TPSA) is 120 Å². The average molecular weight is 273 g/mol. The van der Waals surface area contributed by atoms with E-state index < -0.39 is 11.6 Å². The van der Waals surface area contributed by atoms with E-state index in [-0.39, 0.29) is 0 Å². The molecule has 2 amide bonds. The number of benzene rings is 1. The predicted molar refractivity (Wildman–Crippen MR) is 72.7 cm³/mol. The second kappa shape index (κ2) is 4.61. The number of hydrogen-bond donors (Lipinski definition) is 3. The molecule has 1 heterocycles. The molecule has 5 N–H and O–H groups in total. The molecule has 0 bridgehead atoms. The van der Waals surface area contributed by atoms with Crippen LogP contribution in [0.2, 0.25) is 0 Å². The molecule has 1 aromatic heterocycles. The van der Waals surface area contributed by atoms with Gasteiger partial charge in [-0.2, -0.15) is 4.98 Å². The highest BCUT2D eigenvalue weighted by Crippen LogP contribution is 2.37. The van der Waals surface area contributed by atoms with Crippen molar-refractivity contribution in [3.63, 3.8) is 0 Å². The van der Waals surface area contributed by atoms with Gasteiger partial charge in [-0.15, -0.1) is 0 Å². The quantitative estimate of drug-likeness (QED) is 0.783. The first-order chi connectivity index (χ1) is 9.57. The van der Waals surface area contributed by atoms with Gasteiger partial charge < -0.3 is 21.3 Å². The fourth-order valence-electron chi connectivity index (χ4n) is 2.16. The number of nitrogens with zero attached hydrogens (tertiary/aromatic N) is 2. The van der Waals surface area contributed by atoms with E-state index in [1.54, 1.807) is 24.3 Å². The van der Waals surface area contributed by atoms with Gasteiger partial charge in [-0.3, -0.25) is 0 Å². The third kappa shape index (κ3) is 2.23. The van der Waals surface area contributed by atoms with Crippen LogP contribution in [0.15, 0.2) is 28.8 Å². The fourth-order valence-corrected chi connectivity index (χ4v) is 2.16. The molecule has 2 aromatic rings. The molecule has 104 valence electrons. The number of anilines is 1. The zero-order valence-electron chi connectivity index (χ0n) is 10.8. The molecule has 0 unspecified atom stereocenters. The molecule has 0 atom stereocenters. The molecule has 1 aromatic carbocycles. The van der Waals surface area contributed by atoms with Crippen molar-refractivity contribution in [2.45, 2.75) is 24.8 Å². The lowest BCUT2D eigenvalue weighted by molar-refractivity contribution is 0.229. The first-order valence-electron chi connectivity index (χ1n) is 6.37. The van der Waals surface area contributed by atoms with Crippen molar-refractivity contribution < 1.29 is 9.32 Å². The summed E-state index contributed by atoms with van der Waals surface area (Å²) in [5.74, 6) is 0.973. The summed E-state index contributed by atoms with van der Waals surface area (Å²) in [5.41, 5.74) is 12.1. The summed E-state index contributed by atoms with van der Waals surface area (Å²) in [5, 5.41) is 6.44. The van der Waals surface area contributed by atoms with Crippen LogP contribution in [0.25, 0.3) is 11.5 Å². The molecular weight excluding hydrogens is 258 g/mol. The maximum atomic E-state index is 10.7. The van der Waals surface area contributed by atoms with E-state index in [9.17, 15) is 4.79 Å². The van der Waals surface area contributed by atoms with Crippen molar-refractivity contribution in [1.29, 1.82) is 0 Å². The summed E-state index contributed by atoms with van der Waals surface area (Å²) in [6, 6.07) is 6.36. The largest absolute Gasteiger partial charge is 0.351 e. The number of rotatable bonds is 3. The number of carbonyl (C=O) groups is 1. The van der Waals surface area contributed by atoms with Crippen molar-refractivity contribution in [3.05, 3.63) is 30.1 Å². The molecule has 1 aliphatic rings. The van der Waals surface area contributed by atoms with Gasteiger partial charge >= 0.3 is 6.03 Å². The van der Waals surface area contributed by atoms with Gasteiger partial charge in [0.1, 0.15) is 0 Å². The third-order valence-corrected chi connectivity index (χ3v) is 3.52. The Morgan fingerprint density at radius 3 is 2.55 bits per heavy atom. The van der Waals surface area contributed by atoms with Crippen LogP contribution in [0.1, 0.15) is 25.1 Å². The van der Waals surface area contributed by atoms with Crippen LogP contribution in [0.3, 0.4) is 0 Å². The summed E-state index contributed by atoms with van der Waals surface area (Å²) in [6.07, 6.45) is 2.86. The molecule has 0 radical (unpaired) electrons. The second-order valence-corrected chi connectivity index (χ2v) is 5.00. The van der Waals surface area contributed by atoms with Gasteiger partial charge in [-0.25, -0.2) is 4.79 Å². The third-order valence-electron chi connectivity index (χ3n) is 3.52. The first kappa shape index (κ1) is 12.6. The van der Waals surface area contributed by atoms with E-state index in [1.807, 2.05) is 0 Å². The molecule has 0 spiro atoms. The van der Waals surface area contributed by atoms with Crippen LogP contribution in [0.4, 0.5) is 10.5 Å². The summed E-state index contributed by atoms with van der Waals surface area (Å²) < 4.78 is 5.24. The summed E-state index contributed by atoms with van der Waals surface area (Å²) in [7, 11) is 0. The van der Waals surface area contributed by atoms with Crippen LogP contribution in [-0.2, 0) is 5.54 Å². The molecule has 0 aliphatic heterocycles. The van der Waals surface area contributed by atoms with Crippen LogP contribution < -0.4 is 16.8 Å². The molecule has 1 saturated carbocycles. The molecule has 3 rings (SSSR count). The Kier molecular flexibility index (Phi) is 2.90. The molecule has 20 heavy (non-hydrogen) atoms. The lowest BCUT2D eigenvalue weighted by Gasteiger charge is -2.34. The van der Waals surface area contributed by atoms with Crippen molar-refractivity contribution in [1.82, 2.24) is 10.1 Å². The van der Waals surface area contributed by atoms with Crippen molar-refractivity contribution in [2.75, 3.05) is 5.32 Å². The van der Waals surface area contributed by atoms with Gasteiger partial charge in [0, 0.05) is 11.3 Å². The van der Waals surface area contributed by atoms with Crippen molar-refractivity contribution in [2.24, 2.45) is 11.5 Å². The van der Waals surface area contributed by atoms with Gasteiger partial charge in [0.25, 0.3) is 5.89 Å². The minimum atomic E-state index is -0.604. The van der Waals surface area contributed by atoms with Gasteiger partial charge in [0.15, 0.2) is 5.82 Å². The highest BCUT2D eigenvalue weighted by Gasteiger charge is 2.39. The minimum Gasteiger partial charge on any atom is -0.351 e. The number of aromatic nitrogens is 2. The molecule has 0 saturated heterocycles. The van der Waals surface area contributed by atoms with Crippen molar-refractivity contribution >= 4 is 11.7 Å². The van der Waals surface area contributed by atoms with Gasteiger partial charge in [0.05, 0.1) is 5.54 Å². The number of carbonyl (C=O) groups excluding carboxylic acids is 1.